The molecular weight excluding hydrogens is 234 g/mol. The molecule has 7 nitrogen and oxygen atoms in total. The van der Waals surface area contributed by atoms with Gasteiger partial charge in [-0.1, -0.05) is 0 Å². The number of amidine groups is 2. The van der Waals surface area contributed by atoms with Crippen LogP contribution in [0.2, 0.25) is 0 Å². The summed E-state index contributed by atoms with van der Waals surface area (Å²) < 4.78 is 10.6. The van der Waals surface area contributed by atoms with Crippen LogP contribution in [0.25, 0.3) is 0 Å². The molecule has 0 aliphatic rings. The van der Waals surface area contributed by atoms with Crippen molar-refractivity contribution >= 4 is 11.7 Å². The maximum Gasteiger partial charge on any atom is 0.195 e. The Morgan fingerprint density at radius 2 is 1.78 bits per heavy atom. The van der Waals surface area contributed by atoms with E-state index < -0.39 is 0 Å². The lowest BCUT2D eigenvalue weighted by Crippen LogP contribution is -2.09. The van der Waals surface area contributed by atoms with Gasteiger partial charge in [-0.2, -0.15) is 0 Å². The summed E-state index contributed by atoms with van der Waals surface area (Å²) in [7, 11) is 0. The van der Waals surface area contributed by atoms with Gasteiger partial charge in [-0.3, -0.25) is 10.8 Å². The number of nitrogens with zero attached hydrogens (tertiary/aromatic N) is 1. The molecule has 94 valence electrons. The van der Waals surface area contributed by atoms with Crippen LogP contribution in [-0.2, 0) is 12.8 Å². The van der Waals surface area contributed by atoms with Gasteiger partial charge in [0.15, 0.2) is 29.1 Å². The molecule has 0 aromatic carbocycles. The third-order valence-corrected chi connectivity index (χ3v) is 2.33. The third-order valence-electron chi connectivity index (χ3n) is 2.33. The monoisotopic (exact) mass is 247 g/mol. The van der Waals surface area contributed by atoms with Crippen LogP contribution in [0.1, 0.15) is 23.2 Å². The standard InChI is InChI=1S/C11H13N5O2/c12-10(13)7-3-1-6(17-7)2-4-9-16-5-8(18-9)11(14)15/h1,3,5H,2,4H2,(H3,12,13)(H3,14,15). The zero-order chi connectivity index (χ0) is 13.1. The Kier molecular flexibility index (Phi) is 3.13. The van der Waals surface area contributed by atoms with Crippen molar-refractivity contribution in [3.63, 3.8) is 0 Å². The molecule has 0 amide bonds. The van der Waals surface area contributed by atoms with Crippen molar-refractivity contribution in [3.05, 3.63) is 41.5 Å². The molecular formula is C11H13N5O2. The smallest absolute Gasteiger partial charge is 0.195 e. The highest BCUT2D eigenvalue weighted by Gasteiger charge is 2.09. The van der Waals surface area contributed by atoms with E-state index in [0.717, 1.165) is 0 Å². The second-order valence-corrected chi connectivity index (χ2v) is 3.71. The number of nitrogens with two attached hydrogens (primary N) is 2. The number of aryl methyl sites for hydroxylation is 2. The summed E-state index contributed by atoms with van der Waals surface area (Å²) in [4.78, 5) is 4.00. The minimum absolute atomic E-state index is 0.101. The number of nitrogen functional groups attached to an aromatic ring is 2. The normalized spacial score (nSPS) is 10.4. The van der Waals surface area contributed by atoms with Crippen LogP contribution in [0, 0.1) is 10.8 Å². The lowest BCUT2D eigenvalue weighted by atomic mass is 10.2. The van der Waals surface area contributed by atoms with Gasteiger partial charge in [0.05, 0.1) is 6.20 Å². The summed E-state index contributed by atoms with van der Waals surface area (Å²) >= 11 is 0. The van der Waals surface area contributed by atoms with Crippen molar-refractivity contribution in [2.45, 2.75) is 12.8 Å². The SMILES string of the molecule is N=C(N)c1ccc(CCc2ncc(C(=N)N)o2)o1. The minimum atomic E-state index is -0.148. The summed E-state index contributed by atoms with van der Waals surface area (Å²) in [5, 5.41) is 14.4. The fourth-order valence-corrected chi connectivity index (χ4v) is 1.44. The Morgan fingerprint density at radius 3 is 2.33 bits per heavy atom. The molecule has 18 heavy (non-hydrogen) atoms. The second-order valence-electron chi connectivity index (χ2n) is 3.71. The number of hydrogen-bond donors (Lipinski definition) is 4. The molecule has 0 aliphatic carbocycles. The maximum atomic E-state index is 7.21. The van der Waals surface area contributed by atoms with E-state index >= 15 is 0 Å². The molecule has 6 N–H and O–H groups in total. The van der Waals surface area contributed by atoms with Gasteiger partial charge in [0.1, 0.15) is 5.76 Å². The largest absolute Gasteiger partial charge is 0.458 e. The quantitative estimate of drug-likeness (QED) is 0.453. The third kappa shape index (κ3) is 2.57. The molecule has 2 aromatic rings. The second kappa shape index (κ2) is 4.74. The van der Waals surface area contributed by atoms with Crippen LogP contribution in [0.5, 0.6) is 0 Å². The van der Waals surface area contributed by atoms with E-state index in [-0.39, 0.29) is 17.4 Å². The van der Waals surface area contributed by atoms with E-state index in [1.54, 1.807) is 12.1 Å². The summed E-state index contributed by atoms with van der Waals surface area (Å²) in [6.45, 7) is 0. The Bertz CT molecular complexity index is 532. The van der Waals surface area contributed by atoms with Crippen LogP contribution in [0.15, 0.2) is 27.2 Å². The summed E-state index contributed by atoms with van der Waals surface area (Å²) in [6, 6.07) is 3.40. The highest BCUT2D eigenvalue weighted by Crippen LogP contribution is 2.11. The number of aromatic nitrogens is 1. The Morgan fingerprint density at radius 1 is 1.06 bits per heavy atom. The van der Waals surface area contributed by atoms with Crippen molar-refractivity contribution in [2.24, 2.45) is 11.5 Å². The van der Waals surface area contributed by atoms with Crippen LogP contribution in [-0.4, -0.2) is 16.7 Å². The lowest BCUT2D eigenvalue weighted by molar-refractivity contribution is 0.458. The zero-order valence-electron chi connectivity index (χ0n) is 9.56. The Balaban J connectivity index is 1.97. The Labute approximate surface area is 103 Å². The van der Waals surface area contributed by atoms with Gasteiger partial charge in [-0.15, -0.1) is 0 Å². The van der Waals surface area contributed by atoms with Crippen LogP contribution in [0.4, 0.5) is 0 Å². The first-order valence-corrected chi connectivity index (χ1v) is 5.28. The summed E-state index contributed by atoms with van der Waals surface area (Å²) in [5.74, 6) is 1.54. The number of hydrogen-bond acceptors (Lipinski definition) is 5. The Hall–Kier alpha value is -2.57. The fourth-order valence-electron chi connectivity index (χ4n) is 1.44. The highest BCUT2D eigenvalue weighted by molar-refractivity contribution is 5.92. The molecule has 2 rings (SSSR count). The molecule has 0 bridgehead atoms. The summed E-state index contributed by atoms with van der Waals surface area (Å²) in [5.41, 5.74) is 10.6. The van der Waals surface area contributed by atoms with E-state index in [0.29, 0.717) is 30.3 Å². The molecule has 0 aliphatic heterocycles. The maximum absolute atomic E-state index is 7.21. The number of rotatable bonds is 5. The lowest BCUT2D eigenvalue weighted by Gasteiger charge is -1.94. The van der Waals surface area contributed by atoms with Crippen molar-refractivity contribution in [1.29, 1.82) is 10.8 Å². The molecule has 0 fully saturated rings. The molecule has 2 aromatic heterocycles. The van der Waals surface area contributed by atoms with Gasteiger partial charge in [0.25, 0.3) is 0 Å². The average molecular weight is 247 g/mol. The zero-order valence-corrected chi connectivity index (χ0v) is 9.56. The van der Waals surface area contributed by atoms with E-state index in [1.807, 2.05) is 0 Å². The molecule has 0 saturated heterocycles. The molecule has 0 radical (unpaired) electrons. The minimum Gasteiger partial charge on any atom is -0.458 e. The van der Waals surface area contributed by atoms with Crippen molar-refractivity contribution in [1.82, 2.24) is 4.98 Å². The van der Waals surface area contributed by atoms with Crippen LogP contribution in [0.3, 0.4) is 0 Å². The van der Waals surface area contributed by atoms with Gasteiger partial charge in [0, 0.05) is 12.8 Å². The first-order chi connectivity index (χ1) is 8.56. The molecule has 2 heterocycles. The molecule has 0 spiro atoms. The molecule has 0 saturated carbocycles. The van der Waals surface area contributed by atoms with Gasteiger partial charge in [0.2, 0.25) is 0 Å². The first-order valence-electron chi connectivity index (χ1n) is 5.28. The van der Waals surface area contributed by atoms with Gasteiger partial charge in [-0.05, 0) is 12.1 Å². The molecule has 7 heteroatoms. The van der Waals surface area contributed by atoms with Gasteiger partial charge < -0.3 is 20.3 Å². The number of nitrogens with one attached hydrogen (secondary N) is 2. The van der Waals surface area contributed by atoms with E-state index in [4.69, 9.17) is 31.1 Å². The van der Waals surface area contributed by atoms with Crippen LogP contribution < -0.4 is 11.5 Å². The number of oxazole rings is 1. The number of furan rings is 1. The average Bonchev–Trinajstić information content (AvgIpc) is 2.95. The van der Waals surface area contributed by atoms with Crippen LogP contribution >= 0.6 is 0 Å². The molecule has 0 unspecified atom stereocenters. The van der Waals surface area contributed by atoms with E-state index in [1.165, 1.54) is 6.20 Å². The highest BCUT2D eigenvalue weighted by atomic mass is 16.4. The van der Waals surface area contributed by atoms with Crippen molar-refractivity contribution < 1.29 is 8.83 Å². The molecule has 0 atom stereocenters. The fraction of sp³-hybridized carbons (Fsp3) is 0.182. The topological polar surface area (TPSA) is 139 Å². The van der Waals surface area contributed by atoms with E-state index in [2.05, 4.69) is 4.98 Å². The van der Waals surface area contributed by atoms with Gasteiger partial charge in [-0.25, -0.2) is 4.98 Å². The first kappa shape index (κ1) is 11.9. The predicted octanol–water partition coefficient (Wildman–Crippen LogP) is 0.621. The van der Waals surface area contributed by atoms with Gasteiger partial charge >= 0.3 is 0 Å². The van der Waals surface area contributed by atoms with Crippen molar-refractivity contribution in [3.8, 4) is 0 Å². The summed E-state index contributed by atoms with van der Waals surface area (Å²) in [6.07, 6.45) is 2.52. The van der Waals surface area contributed by atoms with Crippen molar-refractivity contribution in [2.75, 3.05) is 0 Å². The van der Waals surface area contributed by atoms with E-state index in [9.17, 15) is 0 Å². The predicted molar refractivity (Wildman–Crippen MR) is 64.7 cm³/mol.